The lowest BCUT2D eigenvalue weighted by Crippen LogP contribution is -2.25. The fourth-order valence-electron chi connectivity index (χ4n) is 1.61. The van der Waals surface area contributed by atoms with Crippen LogP contribution >= 0.6 is 11.6 Å². The van der Waals surface area contributed by atoms with Crippen LogP contribution in [0.2, 0.25) is 5.02 Å². The van der Waals surface area contributed by atoms with Gasteiger partial charge in [0.25, 0.3) is 5.91 Å². The highest BCUT2D eigenvalue weighted by Gasteiger charge is 2.08. The molecule has 2 aromatic rings. The molecule has 0 aliphatic rings. The van der Waals surface area contributed by atoms with E-state index in [0.29, 0.717) is 29.2 Å². The van der Waals surface area contributed by atoms with Gasteiger partial charge in [-0.3, -0.25) is 4.79 Å². The van der Waals surface area contributed by atoms with Crippen LogP contribution in [0.5, 0.6) is 0 Å². The maximum atomic E-state index is 11.8. The minimum absolute atomic E-state index is 0.0528. The SMILES string of the molecule is O=C(NCCCO)c1ccc2cccc(Cl)c2n1. The summed E-state index contributed by atoms with van der Waals surface area (Å²) in [5, 5.41) is 12.7. The predicted octanol–water partition coefficient (Wildman–Crippen LogP) is 2.00. The number of benzene rings is 1. The first-order chi connectivity index (χ1) is 8.72. The molecule has 18 heavy (non-hydrogen) atoms. The molecular formula is C13H13ClN2O2. The average molecular weight is 265 g/mol. The first kappa shape index (κ1) is 12.8. The van der Waals surface area contributed by atoms with E-state index in [9.17, 15) is 4.79 Å². The number of halogens is 1. The van der Waals surface area contributed by atoms with Gasteiger partial charge in [0.15, 0.2) is 0 Å². The Labute approximate surface area is 110 Å². The molecule has 0 saturated heterocycles. The smallest absolute Gasteiger partial charge is 0.269 e. The molecule has 1 heterocycles. The summed E-state index contributed by atoms with van der Waals surface area (Å²) in [6.07, 6.45) is 0.528. The Morgan fingerprint density at radius 2 is 2.17 bits per heavy atom. The molecule has 0 fully saturated rings. The maximum absolute atomic E-state index is 11.8. The van der Waals surface area contributed by atoms with Crippen molar-refractivity contribution in [1.82, 2.24) is 10.3 Å². The van der Waals surface area contributed by atoms with Crippen LogP contribution in [-0.4, -0.2) is 29.1 Å². The van der Waals surface area contributed by atoms with E-state index in [1.165, 1.54) is 0 Å². The number of nitrogens with zero attached hydrogens (tertiary/aromatic N) is 1. The molecule has 0 bridgehead atoms. The number of carbonyl (C=O) groups is 1. The van der Waals surface area contributed by atoms with E-state index < -0.39 is 0 Å². The Kier molecular flexibility index (Phi) is 4.12. The second kappa shape index (κ2) is 5.80. The second-order valence-electron chi connectivity index (χ2n) is 3.84. The monoisotopic (exact) mass is 264 g/mol. The lowest BCUT2D eigenvalue weighted by atomic mass is 10.2. The maximum Gasteiger partial charge on any atom is 0.269 e. The number of pyridine rings is 1. The Morgan fingerprint density at radius 1 is 1.33 bits per heavy atom. The molecular weight excluding hydrogens is 252 g/mol. The minimum Gasteiger partial charge on any atom is -0.396 e. The van der Waals surface area contributed by atoms with Crippen LogP contribution < -0.4 is 5.32 Å². The molecule has 2 rings (SSSR count). The van der Waals surface area contributed by atoms with Crippen LogP contribution in [0.15, 0.2) is 30.3 Å². The minimum atomic E-state index is -0.259. The highest BCUT2D eigenvalue weighted by Crippen LogP contribution is 2.21. The van der Waals surface area contributed by atoms with Gasteiger partial charge in [-0.1, -0.05) is 29.8 Å². The van der Waals surface area contributed by atoms with Crippen molar-refractivity contribution in [1.29, 1.82) is 0 Å². The third-order valence-corrected chi connectivity index (χ3v) is 2.83. The van der Waals surface area contributed by atoms with E-state index in [-0.39, 0.29) is 12.5 Å². The number of aliphatic hydroxyl groups excluding tert-OH is 1. The molecule has 0 spiro atoms. The molecule has 4 nitrogen and oxygen atoms in total. The number of nitrogens with one attached hydrogen (secondary N) is 1. The van der Waals surface area contributed by atoms with Gasteiger partial charge in [-0.15, -0.1) is 0 Å². The largest absolute Gasteiger partial charge is 0.396 e. The molecule has 1 amide bonds. The fraction of sp³-hybridized carbons (Fsp3) is 0.231. The standard InChI is InChI=1S/C13H13ClN2O2/c14-10-4-1-3-9-5-6-11(16-12(9)10)13(18)15-7-2-8-17/h1,3-6,17H,2,7-8H2,(H,15,18). The average Bonchev–Trinajstić information content (AvgIpc) is 2.39. The molecule has 0 atom stereocenters. The van der Waals surface area contributed by atoms with Crippen molar-refractivity contribution >= 4 is 28.4 Å². The van der Waals surface area contributed by atoms with Gasteiger partial charge in [-0.05, 0) is 18.6 Å². The van der Waals surface area contributed by atoms with Crippen molar-refractivity contribution in [2.75, 3.05) is 13.2 Å². The van der Waals surface area contributed by atoms with Crippen molar-refractivity contribution in [2.24, 2.45) is 0 Å². The summed E-state index contributed by atoms with van der Waals surface area (Å²) >= 11 is 6.03. The summed E-state index contributed by atoms with van der Waals surface area (Å²) in [7, 11) is 0. The number of para-hydroxylation sites is 1. The molecule has 0 saturated carbocycles. The molecule has 0 radical (unpaired) electrons. The number of hydrogen-bond donors (Lipinski definition) is 2. The zero-order valence-electron chi connectivity index (χ0n) is 9.69. The van der Waals surface area contributed by atoms with Gasteiger partial charge in [0.2, 0.25) is 0 Å². The van der Waals surface area contributed by atoms with Crippen LogP contribution in [-0.2, 0) is 0 Å². The molecule has 5 heteroatoms. The van der Waals surface area contributed by atoms with Gasteiger partial charge in [0.1, 0.15) is 5.69 Å². The highest BCUT2D eigenvalue weighted by atomic mass is 35.5. The van der Waals surface area contributed by atoms with Gasteiger partial charge in [0, 0.05) is 18.5 Å². The molecule has 0 unspecified atom stereocenters. The molecule has 1 aromatic carbocycles. The van der Waals surface area contributed by atoms with E-state index in [4.69, 9.17) is 16.7 Å². The van der Waals surface area contributed by atoms with E-state index in [0.717, 1.165) is 5.39 Å². The third kappa shape index (κ3) is 2.78. The summed E-state index contributed by atoms with van der Waals surface area (Å²) < 4.78 is 0. The van der Waals surface area contributed by atoms with Gasteiger partial charge in [-0.25, -0.2) is 4.98 Å². The van der Waals surface area contributed by atoms with Gasteiger partial charge >= 0.3 is 0 Å². The number of carbonyl (C=O) groups excluding carboxylic acids is 1. The first-order valence-electron chi connectivity index (χ1n) is 5.66. The number of fused-ring (bicyclic) bond motifs is 1. The van der Waals surface area contributed by atoms with E-state index in [1.807, 2.05) is 18.2 Å². The normalized spacial score (nSPS) is 10.6. The van der Waals surface area contributed by atoms with Crippen LogP contribution in [0.1, 0.15) is 16.9 Å². The van der Waals surface area contributed by atoms with Crippen LogP contribution in [0.4, 0.5) is 0 Å². The second-order valence-corrected chi connectivity index (χ2v) is 4.25. The van der Waals surface area contributed by atoms with Crippen LogP contribution in [0.25, 0.3) is 10.9 Å². The summed E-state index contributed by atoms with van der Waals surface area (Å²) in [5.41, 5.74) is 0.947. The predicted molar refractivity (Wildman–Crippen MR) is 70.8 cm³/mol. The zero-order valence-corrected chi connectivity index (χ0v) is 10.4. The van der Waals surface area contributed by atoms with E-state index in [2.05, 4.69) is 10.3 Å². The summed E-state index contributed by atoms with van der Waals surface area (Å²) in [6.45, 7) is 0.481. The van der Waals surface area contributed by atoms with Gasteiger partial charge in [-0.2, -0.15) is 0 Å². The Balaban J connectivity index is 2.24. The lowest BCUT2D eigenvalue weighted by molar-refractivity contribution is 0.0946. The lowest BCUT2D eigenvalue weighted by Gasteiger charge is -2.05. The molecule has 0 aliphatic heterocycles. The number of aliphatic hydroxyl groups is 1. The third-order valence-electron chi connectivity index (χ3n) is 2.52. The molecule has 94 valence electrons. The quantitative estimate of drug-likeness (QED) is 0.831. The van der Waals surface area contributed by atoms with Crippen molar-refractivity contribution in [3.63, 3.8) is 0 Å². The number of hydrogen-bond acceptors (Lipinski definition) is 3. The number of rotatable bonds is 4. The summed E-state index contributed by atoms with van der Waals surface area (Å²) in [6, 6.07) is 8.95. The molecule has 0 aliphatic carbocycles. The Morgan fingerprint density at radius 3 is 2.94 bits per heavy atom. The van der Waals surface area contributed by atoms with Crippen molar-refractivity contribution < 1.29 is 9.90 Å². The van der Waals surface area contributed by atoms with Gasteiger partial charge < -0.3 is 10.4 Å². The van der Waals surface area contributed by atoms with E-state index >= 15 is 0 Å². The highest BCUT2D eigenvalue weighted by molar-refractivity contribution is 6.35. The summed E-state index contributed by atoms with van der Waals surface area (Å²) in [4.78, 5) is 16.0. The van der Waals surface area contributed by atoms with Crippen molar-refractivity contribution in [2.45, 2.75) is 6.42 Å². The number of amides is 1. The first-order valence-corrected chi connectivity index (χ1v) is 6.04. The van der Waals surface area contributed by atoms with E-state index in [1.54, 1.807) is 12.1 Å². The number of aromatic nitrogens is 1. The van der Waals surface area contributed by atoms with Crippen LogP contribution in [0.3, 0.4) is 0 Å². The van der Waals surface area contributed by atoms with Crippen LogP contribution in [0, 0.1) is 0 Å². The molecule has 1 aromatic heterocycles. The van der Waals surface area contributed by atoms with Gasteiger partial charge in [0.05, 0.1) is 10.5 Å². The zero-order chi connectivity index (χ0) is 13.0. The fourth-order valence-corrected chi connectivity index (χ4v) is 1.83. The topological polar surface area (TPSA) is 62.2 Å². The Hall–Kier alpha value is -1.65. The van der Waals surface area contributed by atoms with Crippen molar-refractivity contribution in [3.05, 3.63) is 41.0 Å². The Bertz CT molecular complexity index is 572. The van der Waals surface area contributed by atoms with Crippen molar-refractivity contribution in [3.8, 4) is 0 Å². The molecule has 2 N–H and O–H groups in total. The summed E-state index contributed by atoms with van der Waals surface area (Å²) in [5.74, 6) is -0.259.